The Bertz CT molecular complexity index is 503. The number of nitrogen functional groups attached to an aromatic ring is 1. The van der Waals surface area contributed by atoms with Crippen molar-refractivity contribution >= 4 is 21.6 Å². The molecule has 0 aliphatic carbocycles. The van der Waals surface area contributed by atoms with Crippen LogP contribution < -0.4 is 11.5 Å². The Labute approximate surface area is 75.8 Å². The highest BCUT2D eigenvalue weighted by Crippen LogP contribution is 2.33. The average molecular weight is 196 g/mol. The zero-order chi connectivity index (χ0) is 9.64. The van der Waals surface area contributed by atoms with Crippen molar-refractivity contribution < 1.29 is 8.42 Å². The van der Waals surface area contributed by atoms with Gasteiger partial charge in [0.15, 0.2) is 0 Å². The molecule has 0 radical (unpaired) electrons. The van der Waals surface area contributed by atoms with Crippen molar-refractivity contribution in [2.24, 2.45) is 5.73 Å². The smallest absolute Gasteiger partial charge is 0.223 e. The predicted molar refractivity (Wildman–Crippen MR) is 50.2 cm³/mol. The molecule has 0 amide bonds. The lowest BCUT2D eigenvalue weighted by Crippen LogP contribution is -2.09. The molecule has 0 bridgehead atoms. The van der Waals surface area contributed by atoms with Crippen LogP contribution in [0.25, 0.3) is 6.08 Å². The number of sulfone groups is 1. The second-order valence-corrected chi connectivity index (χ2v) is 4.70. The van der Waals surface area contributed by atoms with E-state index in [2.05, 4.69) is 0 Å². The van der Waals surface area contributed by atoms with Crippen LogP contribution in [0.2, 0.25) is 0 Å². The third-order valence-corrected chi connectivity index (χ3v) is 3.70. The summed E-state index contributed by atoms with van der Waals surface area (Å²) in [5, 5.41) is -0.139. The zero-order valence-electron chi connectivity index (χ0n) is 6.69. The topological polar surface area (TPSA) is 86.2 Å². The summed E-state index contributed by atoms with van der Waals surface area (Å²) in [4.78, 5) is 0.132. The molecule has 0 saturated carbocycles. The van der Waals surface area contributed by atoms with E-state index in [0.29, 0.717) is 5.56 Å². The Morgan fingerprint density at radius 2 is 1.85 bits per heavy atom. The summed E-state index contributed by atoms with van der Waals surface area (Å²) >= 11 is 0. The molecule has 1 aliphatic heterocycles. The van der Waals surface area contributed by atoms with Crippen LogP contribution in [0.4, 0.5) is 5.69 Å². The SMILES string of the molecule is NC1=Cc2cccc(N)c2S1(=O)=O. The van der Waals surface area contributed by atoms with Crippen molar-refractivity contribution in [3.05, 3.63) is 28.8 Å². The van der Waals surface area contributed by atoms with Crippen LogP contribution in [0.1, 0.15) is 5.56 Å². The number of hydrogen-bond donors (Lipinski definition) is 2. The van der Waals surface area contributed by atoms with Gasteiger partial charge >= 0.3 is 0 Å². The van der Waals surface area contributed by atoms with E-state index in [-0.39, 0.29) is 15.6 Å². The molecule has 1 aromatic carbocycles. The van der Waals surface area contributed by atoms with Crippen molar-refractivity contribution in [2.45, 2.75) is 4.90 Å². The molecule has 1 aromatic rings. The molecular weight excluding hydrogens is 188 g/mol. The minimum atomic E-state index is -3.50. The minimum Gasteiger partial charge on any atom is -0.398 e. The fourth-order valence-corrected chi connectivity index (χ4v) is 2.68. The van der Waals surface area contributed by atoms with Gasteiger partial charge in [-0.15, -0.1) is 0 Å². The van der Waals surface area contributed by atoms with Gasteiger partial charge in [0.25, 0.3) is 0 Å². The Hall–Kier alpha value is -1.49. The summed E-state index contributed by atoms with van der Waals surface area (Å²) in [7, 11) is -3.50. The van der Waals surface area contributed by atoms with Crippen molar-refractivity contribution in [1.29, 1.82) is 0 Å². The van der Waals surface area contributed by atoms with Gasteiger partial charge in [-0.1, -0.05) is 12.1 Å². The van der Waals surface area contributed by atoms with Crippen LogP contribution in [0.15, 0.2) is 28.1 Å². The molecule has 1 heterocycles. The number of nitrogens with two attached hydrogens (primary N) is 2. The molecule has 0 spiro atoms. The Morgan fingerprint density at radius 3 is 2.46 bits per heavy atom. The zero-order valence-corrected chi connectivity index (χ0v) is 7.51. The highest BCUT2D eigenvalue weighted by molar-refractivity contribution is 7.95. The predicted octanol–water partition coefficient (Wildman–Crippen LogP) is 0.313. The van der Waals surface area contributed by atoms with Gasteiger partial charge in [-0.25, -0.2) is 8.42 Å². The number of fused-ring (bicyclic) bond motifs is 1. The van der Waals surface area contributed by atoms with Crippen molar-refractivity contribution in [1.82, 2.24) is 0 Å². The molecule has 0 atom stereocenters. The van der Waals surface area contributed by atoms with Crippen LogP contribution in [-0.2, 0) is 9.84 Å². The van der Waals surface area contributed by atoms with Gasteiger partial charge in [-0.2, -0.15) is 0 Å². The average Bonchev–Trinajstić information content (AvgIpc) is 2.24. The van der Waals surface area contributed by atoms with Crippen LogP contribution in [0, 0.1) is 0 Å². The molecule has 4 N–H and O–H groups in total. The summed E-state index contributed by atoms with van der Waals surface area (Å²) in [6.07, 6.45) is 1.42. The van der Waals surface area contributed by atoms with E-state index in [9.17, 15) is 8.42 Å². The number of benzene rings is 1. The molecule has 0 fully saturated rings. The highest BCUT2D eigenvalue weighted by Gasteiger charge is 2.29. The maximum atomic E-state index is 11.5. The lowest BCUT2D eigenvalue weighted by Gasteiger charge is -2.02. The largest absolute Gasteiger partial charge is 0.398 e. The third-order valence-electron chi connectivity index (χ3n) is 1.95. The van der Waals surface area contributed by atoms with E-state index >= 15 is 0 Å². The van der Waals surface area contributed by atoms with Gasteiger partial charge in [0, 0.05) is 0 Å². The van der Waals surface area contributed by atoms with Gasteiger partial charge in [-0.05, 0) is 17.7 Å². The van der Waals surface area contributed by atoms with E-state index in [1.807, 2.05) is 0 Å². The van der Waals surface area contributed by atoms with Crippen LogP contribution in [0.5, 0.6) is 0 Å². The molecule has 0 aromatic heterocycles. The summed E-state index contributed by atoms with van der Waals surface area (Å²) in [5.41, 5.74) is 11.7. The summed E-state index contributed by atoms with van der Waals surface area (Å²) < 4.78 is 23.1. The van der Waals surface area contributed by atoms with E-state index in [0.717, 1.165) is 0 Å². The number of rotatable bonds is 0. The standard InChI is InChI=1S/C8H8N2O2S/c9-6-3-1-2-5-4-7(10)13(11,12)8(5)6/h1-4H,9-10H2. The second kappa shape index (κ2) is 2.26. The minimum absolute atomic E-state index is 0.132. The van der Waals surface area contributed by atoms with Gasteiger partial charge in [-0.3, -0.25) is 0 Å². The first-order chi connectivity index (χ1) is 6.03. The van der Waals surface area contributed by atoms with Crippen molar-refractivity contribution in [3.63, 3.8) is 0 Å². The monoisotopic (exact) mass is 196 g/mol. The molecule has 2 rings (SSSR count). The number of anilines is 1. The third kappa shape index (κ3) is 0.936. The molecule has 4 nitrogen and oxygen atoms in total. The Morgan fingerprint density at radius 1 is 1.15 bits per heavy atom. The molecule has 13 heavy (non-hydrogen) atoms. The lowest BCUT2D eigenvalue weighted by atomic mass is 10.2. The highest BCUT2D eigenvalue weighted by atomic mass is 32.2. The maximum Gasteiger partial charge on any atom is 0.223 e. The fraction of sp³-hybridized carbons (Fsp3) is 0. The first-order valence-corrected chi connectivity index (χ1v) is 5.12. The van der Waals surface area contributed by atoms with Gasteiger partial charge in [0.1, 0.15) is 9.92 Å². The first kappa shape index (κ1) is 8.12. The van der Waals surface area contributed by atoms with Crippen LogP contribution in [-0.4, -0.2) is 8.42 Å². The normalized spacial score (nSPS) is 18.0. The second-order valence-electron chi connectivity index (χ2n) is 2.82. The molecule has 5 heteroatoms. The molecule has 0 saturated heterocycles. The van der Waals surface area contributed by atoms with Crippen LogP contribution in [0.3, 0.4) is 0 Å². The molecular formula is C8H8N2O2S. The van der Waals surface area contributed by atoms with E-state index in [1.165, 1.54) is 6.08 Å². The van der Waals surface area contributed by atoms with Crippen molar-refractivity contribution in [2.75, 3.05) is 5.73 Å². The quantitative estimate of drug-likeness (QED) is 0.585. The van der Waals surface area contributed by atoms with Crippen LogP contribution >= 0.6 is 0 Å². The van der Waals surface area contributed by atoms with E-state index in [1.54, 1.807) is 18.2 Å². The first-order valence-electron chi connectivity index (χ1n) is 3.64. The molecule has 0 unspecified atom stereocenters. The summed E-state index contributed by atoms with van der Waals surface area (Å²) in [6, 6.07) is 4.91. The lowest BCUT2D eigenvalue weighted by molar-refractivity contribution is 0.603. The van der Waals surface area contributed by atoms with E-state index in [4.69, 9.17) is 11.5 Å². The number of hydrogen-bond acceptors (Lipinski definition) is 4. The van der Waals surface area contributed by atoms with Gasteiger partial charge in [0.05, 0.1) is 5.69 Å². The molecule has 1 aliphatic rings. The van der Waals surface area contributed by atoms with Crippen molar-refractivity contribution in [3.8, 4) is 0 Å². The van der Waals surface area contributed by atoms with Gasteiger partial charge in [0.2, 0.25) is 9.84 Å². The summed E-state index contributed by atoms with van der Waals surface area (Å²) in [6.45, 7) is 0. The summed E-state index contributed by atoms with van der Waals surface area (Å²) in [5.74, 6) is 0. The Kier molecular flexibility index (Phi) is 1.41. The van der Waals surface area contributed by atoms with E-state index < -0.39 is 9.84 Å². The maximum absolute atomic E-state index is 11.5. The van der Waals surface area contributed by atoms with Gasteiger partial charge < -0.3 is 11.5 Å². The fourth-order valence-electron chi connectivity index (χ4n) is 1.35. The molecule has 68 valence electrons. The Balaban J connectivity index is 2.88.